The van der Waals surface area contributed by atoms with Crippen molar-refractivity contribution < 1.29 is 5.11 Å². The molecule has 1 aromatic rings. The van der Waals surface area contributed by atoms with Gasteiger partial charge in [0.15, 0.2) is 5.16 Å². The maximum Gasteiger partial charge on any atom is 0.190 e. The van der Waals surface area contributed by atoms with Crippen LogP contribution in [0.4, 0.5) is 5.82 Å². The Bertz CT molecular complexity index is 301. The third-order valence-corrected chi connectivity index (χ3v) is 3.23. The number of hydrogen-bond acceptors (Lipinski definition) is 5. The molecule has 3 N–H and O–H groups in total. The summed E-state index contributed by atoms with van der Waals surface area (Å²) in [5, 5.41) is 9.92. The van der Waals surface area contributed by atoms with Gasteiger partial charge in [0.05, 0.1) is 6.10 Å². The lowest BCUT2D eigenvalue weighted by Crippen LogP contribution is -2.15. The Morgan fingerprint density at radius 3 is 2.64 bits per heavy atom. The molecule has 78 valence electrons. The standard InChI is InChI=1S/C8H12BrN3OS/c1-4(13)5(2)14-8-11-6(9)3-7(10)12-8/h3-5,13H,1-2H3,(H2,10,11,12). The van der Waals surface area contributed by atoms with Gasteiger partial charge in [0.1, 0.15) is 10.4 Å². The number of aliphatic hydroxyl groups excluding tert-OH is 1. The van der Waals surface area contributed by atoms with E-state index in [1.165, 1.54) is 11.8 Å². The van der Waals surface area contributed by atoms with E-state index in [1.807, 2.05) is 6.92 Å². The predicted octanol–water partition coefficient (Wildman–Crippen LogP) is 1.68. The van der Waals surface area contributed by atoms with Crippen LogP contribution in [0.1, 0.15) is 13.8 Å². The molecule has 0 aliphatic rings. The van der Waals surface area contributed by atoms with Crippen LogP contribution in [0, 0.1) is 0 Å². The van der Waals surface area contributed by atoms with Gasteiger partial charge in [-0.1, -0.05) is 18.7 Å². The van der Waals surface area contributed by atoms with Crippen LogP contribution >= 0.6 is 27.7 Å². The van der Waals surface area contributed by atoms with Crippen molar-refractivity contribution >= 4 is 33.5 Å². The first kappa shape index (κ1) is 11.7. The van der Waals surface area contributed by atoms with E-state index in [-0.39, 0.29) is 5.25 Å². The van der Waals surface area contributed by atoms with Gasteiger partial charge in [-0.25, -0.2) is 9.97 Å². The number of thioether (sulfide) groups is 1. The third kappa shape index (κ3) is 3.43. The van der Waals surface area contributed by atoms with Gasteiger partial charge in [0.25, 0.3) is 0 Å². The van der Waals surface area contributed by atoms with Crippen LogP contribution in [0.5, 0.6) is 0 Å². The van der Waals surface area contributed by atoms with Crippen molar-refractivity contribution in [2.45, 2.75) is 30.4 Å². The Kier molecular flexibility index (Phi) is 4.15. The van der Waals surface area contributed by atoms with Crippen LogP contribution in [0.2, 0.25) is 0 Å². The molecule has 0 aliphatic heterocycles. The van der Waals surface area contributed by atoms with Crippen LogP contribution in [0.25, 0.3) is 0 Å². The zero-order chi connectivity index (χ0) is 10.7. The summed E-state index contributed by atoms with van der Waals surface area (Å²) in [6.45, 7) is 3.65. The second-order valence-electron chi connectivity index (χ2n) is 2.96. The second-order valence-corrected chi connectivity index (χ2v) is 5.12. The molecule has 6 heteroatoms. The van der Waals surface area contributed by atoms with Gasteiger partial charge < -0.3 is 10.8 Å². The largest absolute Gasteiger partial charge is 0.392 e. The van der Waals surface area contributed by atoms with E-state index in [4.69, 9.17) is 5.73 Å². The highest BCUT2D eigenvalue weighted by molar-refractivity contribution is 9.10. The molecular formula is C8H12BrN3OS. The van der Waals surface area contributed by atoms with Gasteiger partial charge in [-0.05, 0) is 22.9 Å². The van der Waals surface area contributed by atoms with Crippen LogP contribution < -0.4 is 5.73 Å². The first-order valence-electron chi connectivity index (χ1n) is 4.14. The van der Waals surface area contributed by atoms with E-state index in [1.54, 1.807) is 13.0 Å². The van der Waals surface area contributed by atoms with E-state index in [0.29, 0.717) is 15.6 Å². The van der Waals surface area contributed by atoms with Crippen molar-refractivity contribution in [2.75, 3.05) is 5.73 Å². The van der Waals surface area contributed by atoms with E-state index in [0.717, 1.165) is 0 Å². The van der Waals surface area contributed by atoms with E-state index < -0.39 is 6.10 Å². The Balaban J connectivity index is 2.76. The molecule has 14 heavy (non-hydrogen) atoms. The zero-order valence-electron chi connectivity index (χ0n) is 7.94. The number of anilines is 1. The van der Waals surface area contributed by atoms with Gasteiger partial charge in [0.2, 0.25) is 0 Å². The molecule has 0 radical (unpaired) electrons. The fourth-order valence-corrected chi connectivity index (χ4v) is 2.09. The molecule has 0 spiro atoms. The minimum absolute atomic E-state index is 0.0451. The molecule has 0 bridgehead atoms. The minimum atomic E-state index is -0.399. The molecule has 2 unspecified atom stereocenters. The van der Waals surface area contributed by atoms with Gasteiger partial charge in [-0.3, -0.25) is 0 Å². The van der Waals surface area contributed by atoms with Crippen molar-refractivity contribution in [2.24, 2.45) is 0 Å². The van der Waals surface area contributed by atoms with Crippen LogP contribution in [0.15, 0.2) is 15.8 Å². The number of aromatic nitrogens is 2. The van der Waals surface area contributed by atoms with Gasteiger partial charge in [-0.2, -0.15) is 0 Å². The molecule has 0 aromatic carbocycles. The van der Waals surface area contributed by atoms with E-state index >= 15 is 0 Å². The summed E-state index contributed by atoms with van der Waals surface area (Å²) in [5.74, 6) is 0.423. The topological polar surface area (TPSA) is 72.0 Å². The zero-order valence-corrected chi connectivity index (χ0v) is 10.3. The molecule has 0 fully saturated rings. The van der Waals surface area contributed by atoms with Crippen molar-refractivity contribution in [1.29, 1.82) is 0 Å². The first-order valence-corrected chi connectivity index (χ1v) is 5.81. The lowest BCUT2D eigenvalue weighted by Gasteiger charge is -2.12. The molecule has 1 heterocycles. The predicted molar refractivity (Wildman–Crippen MR) is 61.1 cm³/mol. The van der Waals surface area contributed by atoms with E-state index in [2.05, 4.69) is 25.9 Å². The SMILES string of the molecule is CC(O)C(C)Sc1nc(N)cc(Br)n1. The molecule has 0 saturated heterocycles. The summed E-state index contributed by atoms with van der Waals surface area (Å²) in [6, 6.07) is 1.64. The molecular weight excluding hydrogens is 266 g/mol. The maximum atomic E-state index is 9.30. The Labute approximate surface area is 95.5 Å². The number of rotatable bonds is 3. The van der Waals surface area contributed by atoms with Crippen molar-refractivity contribution in [1.82, 2.24) is 9.97 Å². The number of hydrogen-bond donors (Lipinski definition) is 2. The van der Waals surface area contributed by atoms with Crippen LogP contribution in [-0.2, 0) is 0 Å². The lowest BCUT2D eigenvalue weighted by atomic mass is 10.3. The number of aliphatic hydroxyl groups is 1. The highest BCUT2D eigenvalue weighted by Gasteiger charge is 2.12. The molecule has 0 saturated carbocycles. The first-order chi connectivity index (χ1) is 6.49. The average molecular weight is 278 g/mol. The van der Waals surface area contributed by atoms with Gasteiger partial charge in [0, 0.05) is 11.3 Å². The summed E-state index contributed by atoms with van der Waals surface area (Å²) < 4.78 is 0.658. The summed E-state index contributed by atoms with van der Waals surface area (Å²) in [5.41, 5.74) is 5.55. The summed E-state index contributed by atoms with van der Waals surface area (Å²) in [7, 11) is 0. The Morgan fingerprint density at radius 1 is 1.50 bits per heavy atom. The molecule has 4 nitrogen and oxygen atoms in total. The maximum absolute atomic E-state index is 9.30. The monoisotopic (exact) mass is 277 g/mol. The molecule has 0 amide bonds. The number of nitrogen functional groups attached to an aromatic ring is 1. The second kappa shape index (κ2) is 4.95. The van der Waals surface area contributed by atoms with Crippen LogP contribution in [0.3, 0.4) is 0 Å². The summed E-state index contributed by atoms with van der Waals surface area (Å²) in [4.78, 5) is 8.18. The number of nitrogens with zero attached hydrogens (tertiary/aromatic N) is 2. The average Bonchev–Trinajstić information content (AvgIpc) is 2.01. The van der Waals surface area contributed by atoms with Gasteiger partial charge in [-0.15, -0.1) is 0 Å². The van der Waals surface area contributed by atoms with Crippen molar-refractivity contribution in [3.63, 3.8) is 0 Å². The Morgan fingerprint density at radius 2 is 2.14 bits per heavy atom. The minimum Gasteiger partial charge on any atom is -0.392 e. The lowest BCUT2D eigenvalue weighted by molar-refractivity contribution is 0.196. The van der Waals surface area contributed by atoms with Crippen molar-refractivity contribution in [3.05, 3.63) is 10.7 Å². The van der Waals surface area contributed by atoms with Gasteiger partial charge >= 0.3 is 0 Å². The third-order valence-electron chi connectivity index (χ3n) is 1.66. The fourth-order valence-electron chi connectivity index (χ4n) is 0.731. The summed E-state index contributed by atoms with van der Waals surface area (Å²) in [6.07, 6.45) is -0.399. The molecule has 0 aliphatic carbocycles. The summed E-state index contributed by atoms with van der Waals surface area (Å²) >= 11 is 4.63. The number of halogens is 1. The highest BCUT2D eigenvalue weighted by Crippen LogP contribution is 2.24. The smallest absolute Gasteiger partial charge is 0.190 e. The quantitative estimate of drug-likeness (QED) is 0.500. The fraction of sp³-hybridized carbons (Fsp3) is 0.500. The van der Waals surface area contributed by atoms with E-state index in [9.17, 15) is 5.11 Å². The van der Waals surface area contributed by atoms with Crippen molar-refractivity contribution in [3.8, 4) is 0 Å². The number of nitrogens with two attached hydrogens (primary N) is 1. The van der Waals surface area contributed by atoms with Crippen LogP contribution in [-0.4, -0.2) is 26.4 Å². The molecule has 1 aromatic heterocycles. The normalized spacial score (nSPS) is 15.1. The molecule has 1 rings (SSSR count). The molecule has 2 atom stereocenters. The Hall–Kier alpha value is -0.330. The highest BCUT2D eigenvalue weighted by atomic mass is 79.9.